The molecule has 2 unspecified atom stereocenters. The van der Waals surface area contributed by atoms with E-state index >= 15 is 4.39 Å². The van der Waals surface area contributed by atoms with Crippen LogP contribution >= 0.6 is 11.6 Å². The van der Waals surface area contributed by atoms with E-state index in [-0.39, 0.29) is 41.6 Å². The molecule has 2 heterocycles. The number of rotatable bonds is 10. The summed E-state index contributed by atoms with van der Waals surface area (Å²) >= 11 is 6.57. The molecule has 0 bridgehead atoms. The minimum atomic E-state index is -2.15. The largest absolute Gasteiger partial charge is 0.497 e. The zero-order chi connectivity index (χ0) is 31.8. The maximum atomic E-state index is 15.4. The zero-order valence-corrected chi connectivity index (χ0v) is 29.9. The van der Waals surface area contributed by atoms with Crippen LogP contribution in [0.5, 0.6) is 11.5 Å². The lowest BCUT2D eigenvalue weighted by Crippen LogP contribution is -2.65. The number of benzene rings is 2. The zero-order valence-electron chi connectivity index (χ0n) is 27.2. The minimum Gasteiger partial charge on any atom is -0.497 e. The third kappa shape index (κ3) is 7.65. The fourth-order valence-corrected chi connectivity index (χ4v) is 8.68. The Hall–Kier alpha value is -1.96. The van der Waals surface area contributed by atoms with Gasteiger partial charge in [-0.2, -0.15) is 0 Å². The normalized spacial score (nSPS) is 21.5. The first kappa shape index (κ1) is 33.9. The predicted molar refractivity (Wildman–Crippen MR) is 176 cm³/mol. The third-order valence-electron chi connectivity index (χ3n) is 8.78. The van der Waals surface area contributed by atoms with Gasteiger partial charge in [0.2, 0.25) is 5.91 Å². The van der Waals surface area contributed by atoms with Crippen molar-refractivity contribution in [3.05, 3.63) is 52.3 Å². The molecule has 0 spiro atoms. The van der Waals surface area contributed by atoms with Crippen LogP contribution in [-0.2, 0) is 26.6 Å². The van der Waals surface area contributed by atoms with Gasteiger partial charge in [0.1, 0.15) is 34.5 Å². The second-order valence-electron chi connectivity index (χ2n) is 14.2. The number of piperidine rings is 1. The van der Waals surface area contributed by atoms with Crippen molar-refractivity contribution < 1.29 is 27.5 Å². The first-order chi connectivity index (χ1) is 20.0. The number of fused-ring (bicyclic) bond motifs is 1. The number of ether oxygens (including phenoxy) is 2. The molecule has 11 heteroatoms. The Labute approximate surface area is 263 Å². The van der Waals surface area contributed by atoms with E-state index < -0.39 is 28.1 Å². The monoisotopic (exact) mass is 650 g/mol. The summed E-state index contributed by atoms with van der Waals surface area (Å²) in [5.74, 6) is 0.385. The van der Waals surface area contributed by atoms with Crippen LogP contribution in [0.15, 0.2) is 30.3 Å². The summed E-state index contributed by atoms with van der Waals surface area (Å²) in [5.41, 5.74) is 1.29. The number of methoxy groups -OCH3 is 1. The Balaban J connectivity index is 1.69. The van der Waals surface area contributed by atoms with Gasteiger partial charge in [0.15, 0.2) is 16.6 Å². The van der Waals surface area contributed by atoms with E-state index in [1.54, 1.807) is 12.0 Å². The van der Waals surface area contributed by atoms with Crippen LogP contribution in [0.2, 0.25) is 42.8 Å². The molecular formula is C32H48ClFN2O5Si2. The van der Waals surface area contributed by atoms with Crippen LogP contribution in [0.4, 0.5) is 10.1 Å². The molecule has 2 aromatic rings. The van der Waals surface area contributed by atoms with Gasteiger partial charge < -0.3 is 28.5 Å². The highest BCUT2D eigenvalue weighted by atomic mass is 35.5. The van der Waals surface area contributed by atoms with Gasteiger partial charge in [0.05, 0.1) is 25.4 Å². The Bertz CT molecular complexity index is 1310. The van der Waals surface area contributed by atoms with Crippen LogP contribution in [0, 0.1) is 5.82 Å². The van der Waals surface area contributed by atoms with Crippen LogP contribution in [-0.4, -0.2) is 61.1 Å². The van der Waals surface area contributed by atoms with E-state index in [4.69, 9.17) is 29.9 Å². The maximum Gasteiger partial charge on any atom is 0.227 e. The lowest BCUT2D eigenvalue weighted by atomic mass is 9.90. The minimum absolute atomic E-state index is 0.0223. The topological polar surface area (TPSA) is 69.3 Å². The van der Waals surface area contributed by atoms with Crippen molar-refractivity contribution in [2.75, 3.05) is 31.7 Å². The molecule has 0 aromatic heterocycles. The molecule has 1 N–H and O–H groups in total. The fraction of sp³-hybridized carbons (Fsp3) is 0.594. The average molecular weight is 651 g/mol. The highest BCUT2D eigenvalue weighted by Gasteiger charge is 2.50. The molecule has 2 atom stereocenters. The highest BCUT2D eigenvalue weighted by Crippen LogP contribution is 2.44. The first-order valence-corrected chi connectivity index (χ1v) is 21.8. The van der Waals surface area contributed by atoms with E-state index in [0.29, 0.717) is 30.8 Å². The number of anilines is 1. The number of amides is 1. The molecule has 0 radical (unpaired) electrons. The summed E-state index contributed by atoms with van der Waals surface area (Å²) in [4.78, 5) is 14.7. The van der Waals surface area contributed by atoms with E-state index in [0.717, 1.165) is 23.4 Å². The van der Waals surface area contributed by atoms with E-state index in [1.165, 1.54) is 6.07 Å². The lowest BCUT2D eigenvalue weighted by Gasteiger charge is -2.51. The summed E-state index contributed by atoms with van der Waals surface area (Å²) in [6.07, 6.45) is 1.17. The Morgan fingerprint density at radius 3 is 2.40 bits per heavy atom. The lowest BCUT2D eigenvalue weighted by molar-refractivity contribution is -0.119. The predicted octanol–water partition coefficient (Wildman–Crippen LogP) is 7.32. The summed E-state index contributed by atoms with van der Waals surface area (Å²) in [6, 6.07) is 8.82. The van der Waals surface area contributed by atoms with Gasteiger partial charge in [0.25, 0.3) is 0 Å². The molecule has 238 valence electrons. The quantitative estimate of drug-likeness (QED) is 0.272. The summed E-state index contributed by atoms with van der Waals surface area (Å²) < 4.78 is 41.3. The number of nitrogens with one attached hydrogen (secondary N) is 1. The summed E-state index contributed by atoms with van der Waals surface area (Å²) in [7, 11) is -2.62. The third-order valence-corrected chi connectivity index (χ3v) is 14.6. The van der Waals surface area contributed by atoms with Crippen LogP contribution in [0.25, 0.3) is 0 Å². The first-order valence-electron chi connectivity index (χ1n) is 15.1. The molecule has 1 fully saturated rings. The van der Waals surface area contributed by atoms with Crippen molar-refractivity contribution in [1.29, 1.82) is 0 Å². The van der Waals surface area contributed by atoms with Gasteiger partial charge in [0, 0.05) is 24.6 Å². The molecule has 0 aliphatic carbocycles. The number of nitrogens with zero attached hydrogens (tertiary/aromatic N) is 1. The van der Waals surface area contributed by atoms with Crippen LogP contribution in [0.1, 0.15) is 44.7 Å². The van der Waals surface area contributed by atoms with Gasteiger partial charge in [-0.25, -0.2) is 4.39 Å². The molecule has 2 aromatic carbocycles. The van der Waals surface area contributed by atoms with Crippen LogP contribution in [0.3, 0.4) is 0 Å². The second kappa shape index (κ2) is 12.8. The van der Waals surface area contributed by atoms with Gasteiger partial charge in [-0.05, 0) is 74.9 Å². The van der Waals surface area contributed by atoms with Crippen molar-refractivity contribution >= 4 is 39.8 Å². The van der Waals surface area contributed by atoms with Gasteiger partial charge in [-0.15, -0.1) is 0 Å². The smallest absolute Gasteiger partial charge is 0.227 e. The van der Waals surface area contributed by atoms with Crippen molar-refractivity contribution in [1.82, 2.24) is 5.32 Å². The SMILES string of the molecule is COc1ccc(CN2C(=O)CCc3c(OCC4(O[Si](C)(C)C)CCNCC4O[Si](C)(C)C(C)(C)C)cc(F)c(Cl)c32)cc1. The molecular weight excluding hydrogens is 603 g/mol. The average Bonchev–Trinajstić information content (AvgIpc) is 2.91. The number of halogens is 2. The maximum absolute atomic E-state index is 15.4. The van der Waals surface area contributed by atoms with Gasteiger partial charge in [-0.1, -0.05) is 44.5 Å². The fourth-order valence-electron chi connectivity index (χ4n) is 5.53. The van der Waals surface area contributed by atoms with Crippen molar-refractivity contribution in [2.24, 2.45) is 0 Å². The number of carbonyl (C=O) groups is 1. The molecule has 1 amide bonds. The Morgan fingerprint density at radius 2 is 1.79 bits per heavy atom. The standard InChI is InChI=1S/C32H48ClFN2O5Si2/c1-31(2,3)43(8,9)40-27-19-35-17-16-32(27,41-42(5,6)7)21-39-26-18-25(34)29(33)30-24(26)14-15-28(37)36(30)20-22-10-12-23(38-4)13-11-22/h10-13,18,27,35H,14-17,19-21H2,1-9H3. The van der Waals surface area contributed by atoms with Crippen LogP contribution < -0.4 is 19.7 Å². The van der Waals surface area contributed by atoms with Gasteiger partial charge in [-0.3, -0.25) is 4.79 Å². The number of hydrogen-bond donors (Lipinski definition) is 1. The van der Waals surface area contributed by atoms with Gasteiger partial charge >= 0.3 is 0 Å². The molecule has 4 rings (SSSR count). The molecule has 7 nitrogen and oxygen atoms in total. The molecule has 43 heavy (non-hydrogen) atoms. The van der Waals surface area contributed by atoms with Crippen molar-refractivity contribution in [3.8, 4) is 11.5 Å². The molecule has 0 saturated carbocycles. The Kier molecular flexibility index (Phi) is 10.1. The van der Waals surface area contributed by atoms with E-state index in [2.05, 4.69) is 58.8 Å². The number of hydrogen-bond acceptors (Lipinski definition) is 6. The molecule has 1 saturated heterocycles. The molecule has 2 aliphatic heterocycles. The second-order valence-corrected chi connectivity index (χ2v) is 23.8. The Morgan fingerprint density at radius 1 is 1.12 bits per heavy atom. The number of carbonyl (C=O) groups excluding carboxylic acids is 1. The molecule has 2 aliphatic rings. The van der Waals surface area contributed by atoms with E-state index in [9.17, 15) is 4.79 Å². The summed E-state index contributed by atoms with van der Waals surface area (Å²) in [6.45, 7) is 19.6. The summed E-state index contributed by atoms with van der Waals surface area (Å²) in [5, 5.41) is 3.45. The highest BCUT2D eigenvalue weighted by molar-refractivity contribution is 6.74. The van der Waals surface area contributed by atoms with Crippen molar-refractivity contribution in [3.63, 3.8) is 0 Å². The van der Waals surface area contributed by atoms with Crippen molar-refractivity contribution in [2.45, 2.75) is 96.1 Å². The van der Waals surface area contributed by atoms with E-state index in [1.807, 2.05) is 24.3 Å².